The summed E-state index contributed by atoms with van der Waals surface area (Å²) in [5, 5.41) is 0.760. The maximum absolute atomic E-state index is 11.9. The summed E-state index contributed by atoms with van der Waals surface area (Å²) in [6.45, 7) is 0. The van der Waals surface area contributed by atoms with Gasteiger partial charge in [-0.05, 0) is 23.8 Å². The zero-order valence-corrected chi connectivity index (χ0v) is 9.59. The number of hydrogen-bond acceptors (Lipinski definition) is 3. The van der Waals surface area contributed by atoms with Crippen LogP contribution in [0.4, 0.5) is 5.69 Å². The summed E-state index contributed by atoms with van der Waals surface area (Å²) < 4.78 is 5.29. The molecular weight excluding hydrogens is 226 g/mol. The van der Waals surface area contributed by atoms with Gasteiger partial charge in [-0.1, -0.05) is 36.4 Å². The van der Waals surface area contributed by atoms with Crippen LogP contribution in [0.25, 0.3) is 22.1 Å². The van der Waals surface area contributed by atoms with E-state index in [1.165, 1.54) is 0 Å². The molecule has 0 saturated carbocycles. The predicted octanol–water partition coefficient (Wildman–Crippen LogP) is 3.04. The van der Waals surface area contributed by atoms with Crippen molar-refractivity contribution in [3.05, 3.63) is 65.0 Å². The average molecular weight is 237 g/mol. The fourth-order valence-corrected chi connectivity index (χ4v) is 1.98. The smallest absolute Gasteiger partial charge is 0.344 e. The monoisotopic (exact) mass is 237 g/mol. The van der Waals surface area contributed by atoms with Gasteiger partial charge in [0.1, 0.15) is 5.58 Å². The summed E-state index contributed by atoms with van der Waals surface area (Å²) in [7, 11) is 0. The first-order valence-corrected chi connectivity index (χ1v) is 5.63. The van der Waals surface area contributed by atoms with Crippen molar-refractivity contribution < 1.29 is 4.42 Å². The molecule has 88 valence electrons. The summed E-state index contributed by atoms with van der Waals surface area (Å²) in [6.07, 6.45) is 0. The fourth-order valence-electron chi connectivity index (χ4n) is 1.98. The van der Waals surface area contributed by atoms with Gasteiger partial charge in [0.05, 0.1) is 5.56 Å². The molecule has 0 amide bonds. The Hall–Kier alpha value is -2.55. The van der Waals surface area contributed by atoms with Crippen LogP contribution in [-0.2, 0) is 0 Å². The molecule has 2 N–H and O–H groups in total. The van der Waals surface area contributed by atoms with Gasteiger partial charge in [0.25, 0.3) is 0 Å². The van der Waals surface area contributed by atoms with E-state index in [1.807, 2.05) is 30.3 Å². The standard InChI is InChI=1S/C15H11NO2/c16-13-7-4-8-14-12(13)9-11(15(17)18-14)10-5-2-1-3-6-10/h1-9H,16H2. The topological polar surface area (TPSA) is 56.2 Å². The Morgan fingerprint density at radius 2 is 1.72 bits per heavy atom. The van der Waals surface area contributed by atoms with Gasteiger partial charge in [0.15, 0.2) is 0 Å². The van der Waals surface area contributed by atoms with Crippen molar-refractivity contribution in [2.75, 3.05) is 5.73 Å². The number of benzene rings is 2. The number of nitrogens with two attached hydrogens (primary N) is 1. The van der Waals surface area contributed by atoms with E-state index in [1.54, 1.807) is 24.3 Å². The molecule has 1 heterocycles. The number of fused-ring (bicyclic) bond motifs is 1. The molecule has 0 aliphatic heterocycles. The van der Waals surface area contributed by atoms with E-state index in [2.05, 4.69) is 0 Å². The highest BCUT2D eigenvalue weighted by molar-refractivity contribution is 5.91. The normalized spacial score (nSPS) is 10.7. The summed E-state index contributed by atoms with van der Waals surface area (Å²) in [5.74, 6) is 0. The van der Waals surface area contributed by atoms with Crippen LogP contribution in [0.5, 0.6) is 0 Å². The minimum atomic E-state index is -0.348. The predicted molar refractivity (Wildman–Crippen MR) is 72.3 cm³/mol. The molecular formula is C15H11NO2. The molecule has 3 rings (SSSR count). The summed E-state index contributed by atoms with van der Waals surface area (Å²) in [6, 6.07) is 16.5. The van der Waals surface area contributed by atoms with Crippen LogP contribution in [0, 0.1) is 0 Å². The van der Waals surface area contributed by atoms with Crippen molar-refractivity contribution >= 4 is 16.7 Å². The molecule has 0 saturated heterocycles. The second-order valence-corrected chi connectivity index (χ2v) is 4.07. The van der Waals surface area contributed by atoms with E-state index < -0.39 is 0 Å². The van der Waals surface area contributed by atoms with Gasteiger partial charge < -0.3 is 10.2 Å². The molecule has 0 spiro atoms. The highest BCUT2D eigenvalue weighted by atomic mass is 16.4. The third-order valence-corrected chi connectivity index (χ3v) is 2.90. The summed E-state index contributed by atoms with van der Waals surface area (Å²) >= 11 is 0. The summed E-state index contributed by atoms with van der Waals surface area (Å²) in [5.41, 5.74) is 8.02. The average Bonchev–Trinajstić information content (AvgIpc) is 2.39. The molecule has 1 aromatic heterocycles. The lowest BCUT2D eigenvalue weighted by Crippen LogP contribution is -2.03. The molecule has 0 atom stereocenters. The van der Waals surface area contributed by atoms with E-state index in [0.29, 0.717) is 16.8 Å². The molecule has 0 radical (unpaired) electrons. The number of rotatable bonds is 1. The number of hydrogen-bond donors (Lipinski definition) is 1. The van der Waals surface area contributed by atoms with Gasteiger partial charge in [0, 0.05) is 11.1 Å². The zero-order chi connectivity index (χ0) is 12.5. The molecule has 18 heavy (non-hydrogen) atoms. The molecule has 0 aliphatic carbocycles. The minimum Gasteiger partial charge on any atom is -0.422 e. The Labute approximate surface area is 103 Å². The van der Waals surface area contributed by atoms with E-state index in [4.69, 9.17) is 10.2 Å². The van der Waals surface area contributed by atoms with Crippen LogP contribution in [0.1, 0.15) is 0 Å². The van der Waals surface area contributed by atoms with Crippen molar-refractivity contribution in [3.8, 4) is 11.1 Å². The van der Waals surface area contributed by atoms with Gasteiger partial charge in [-0.25, -0.2) is 4.79 Å². The fraction of sp³-hybridized carbons (Fsp3) is 0. The Morgan fingerprint density at radius 1 is 0.944 bits per heavy atom. The van der Waals surface area contributed by atoms with Gasteiger partial charge in [-0.15, -0.1) is 0 Å². The largest absolute Gasteiger partial charge is 0.422 e. The minimum absolute atomic E-state index is 0.348. The lowest BCUT2D eigenvalue weighted by molar-refractivity contribution is 0.563. The molecule has 2 aromatic carbocycles. The molecule has 0 fully saturated rings. The maximum Gasteiger partial charge on any atom is 0.344 e. The van der Waals surface area contributed by atoms with E-state index >= 15 is 0 Å². The van der Waals surface area contributed by atoms with Crippen LogP contribution in [0.2, 0.25) is 0 Å². The van der Waals surface area contributed by atoms with Crippen LogP contribution in [0.15, 0.2) is 63.8 Å². The van der Waals surface area contributed by atoms with Gasteiger partial charge in [-0.2, -0.15) is 0 Å². The quantitative estimate of drug-likeness (QED) is 0.522. The number of anilines is 1. The molecule has 0 bridgehead atoms. The molecule has 3 heteroatoms. The van der Waals surface area contributed by atoms with Crippen LogP contribution in [0.3, 0.4) is 0 Å². The van der Waals surface area contributed by atoms with E-state index in [0.717, 1.165) is 10.9 Å². The van der Waals surface area contributed by atoms with Crippen LogP contribution >= 0.6 is 0 Å². The second-order valence-electron chi connectivity index (χ2n) is 4.07. The third kappa shape index (κ3) is 1.66. The van der Waals surface area contributed by atoms with Crippen molar-refractivity contribution in [2.24, 2.45) is 0 Å². The summed E-state index contributed by atoms with van der Waals surface area (Å²) in [4.78, 5) is 11.9. The Morgan fingerprint density at radius 3 is 2.50 bits per heavy atom. The Balaban J connectivity index is 2.35. The second kappa shape index (κ2) is 4.04. The molecule has 3 aromatic rings. The first kappa shape index (κ1) is 10.6. The first-order chi connectivity index (χ1) is 8.75. The van der Waals surface area contributed by atoms with E-state index in [-0.39, 0.29) is 5.63 Å². The highest BCUT2D eigenvalue weighted by Crippen LogP contribution is 2.24. The number of nitrogen functional groups attached to an aromatic ring is 1. The van der Waals surface area contributed by atoms with Gasteiger partial charge >= 0.3 is 5.63 Å². The maximum atomic E-state index is 11.9. The SMILES string of the molecule is Nc1cccc2oc(=O)c(-c3ccccc3)cc12. The van der Waals surface area contributed by atoms with Gasteiger partial charge in [0.2, 0.25) is 0 Å². The van der Waals surface area contributed by atoms with Crippen molar-refractivity contribution in [2.45, 2.75) is 0 Å². The molecule has 0 unspecified atom stereocenters. The Bertz CT molecular complexity index is 760. The van der Waals surface area contributed by atoms with E-state index in [9.17, 15) is 4.79 Å². The zero-order valence-electron chi connectivity index (χ0n) is 9.59. The van der Waals surface area contributed by atoms with Gasteiger partial charge in [-0.3, -0.25) is 0 Å². The molecule has 0 aliphatic rings. The van der Waals surface area contributed by atoms with Crippen molar-refractivity contribution in [1.82, 2.24) is 0 Å². The Kier molecular flexibility index (Phi) is 2.38. The van der Waals surface area contributed by atoms with Crippen LogP contribution < -0.4 is 11.4 Å². The third-order valence-electron chi connectivity index (χ3n) is 2.90. The first-order valence-electron chi connectivity index (χ1n) is 5.63. The lowest BCUT2D eigenvalue weighted by Gasteiger charge is -2.04. The van der Waals surface area contributed by atoms with Crippen LogP contribution in [-0.4, -0.2) is 0 Å². The lowest BCUT2D eigenvalue weighted by atomic mass is 10.1. The highest BCUT2D eigenvalue weighted by Gasteiger charge is 2.08. The van der Waals surface area contributed by atoms with Crippen molar-refractivity contribution in [3.63, 3.8) is 0 Å². The van der Waals surface area contributed by atoms with Crippen molar-refractivity contribution in [1.29, 1.82) is 0 Å². The molecule has 3 nitrogen and oxygen atoms in total.